The molecule has 0 amide bonds. The van der Waals surface area contributed by atoms with Crippen LogP contribution in [0, 0.1) is 0 Å². The molecule has 0 saturated carbocycles. The molecule has 6 nitrogen and oxygen atoms in total. The van der Waals surface area contributed by atoms with Crippen LogP contribution in [0.25, 0.3) is 0 Å². The van der Waals surface area contributed by atoms with Crippen LogP contribution in [0.5, 0.6) is 0 Å². The summed E-state index contributed by atoms with van der Waals surface area (Å²) >= 11 is 0. The first-order chi connectivity index (χ1) is 26.5. The van der Waals surface area contributed by atoms with Gasteiger partial charge in [0.05, 0.1) is 0 Å². The molecule has 1 atom stereocenters. The number of carbonyl (C=O) groups excluding carboxylic acids is 3. The first-order valence-corrected chi connectivity index (χ1v) is 22.3. The number of hydrogen-bond donors (Lipinski definition) is 0. The summed E-state index contributed by atoms with van der Waals surface area (Å²) in [5.74, 6) is -0.958. The van der Waals surface area contributed by atoms with E-state index in [0.717, 1.165) is 89.9 Å². The summed E-state index contributed by atoms with van der Waals surface area (Å²) in [5, 5.41) is 0. The molecule has 310 valence electrons. The average Bonchev–Trinajstić information content (AvgIpc) is 3.17. The quantitative estimate of drug-likeness (QED) is 0.0269. The van der Waals surface area contributed by atoms with E-state index < -0.39 is 6.10 Å². The van der Waals surface area contributed by atoms with E-state index in [-0.39, 0.29) is 31.1 Å². The van der Waals surface area contributed by atoms with Crippen LogP contribution in [0.3, 0.4) is 0 Å². The molecule has 0 aliphatic heterocycles. The molecule has 0 aromatic heterocycles. The van der Waals surface area contributed by atoms with Crippen molar-refractivity contribution in [3.63, 3.8) is 0 Å². The molecule has 0 saturated heterocycles. The Morgan fingerprint density at radius 2 is 0.759 bits per heavy atom. The van der Waals surface area contributed by atoms with Crippen LogP contribution >= 0.6 is 0 Å². The van der Waals surface area contributed by atoms with Crippen LogP contribution in [0.2, 0.25) is 0 Å². The summed E-state index contributed by atoms with van der Waals surface area (Å²) in [6.45, 7) is 6.39. The average molecular weight is 755 g/mol. The van der Waals surface area contributed by atoms with E-state index in [4.69, 9.17) is 14.2 Å². The maximum Gasteiger partial charge on any atom is 0.306 e. The fraction of sp³-hybridized carbons (Fsp3) is 0.729. The lowest BCUT2D eigenvalue weighted by molar-refractivity contribution is -0.167. The number of hydrogen-bond acceptors (Lipinski definition) is 6. The Morgan fingerprint density at radius 3 is 1.28 bits per heavy atom. The number of carbonyl (C=O) groups is 3. The zero-order chi connectivity index (χ0) is 39.4. The molecule has 0 N–H and O–H groups in total. The van der Waals surface area contributed by atoms with Crippen molar-refractivity contribution in [3.05, 3.63) is 60.8 Å². The number of rotatable bonds is 39. The maximum absolute atomic E-state index is 12.7. The summed E-state index contributed by atoms with van der Waals surface area (Å²) in [5.41, 5.74) is 0. The molecular formula is C48H82O6. The zero-order valence-corrected chi connectivity index (χ0v) is 35.2. The van der Waals surface area contributed by atoms with Gasteiger partial charge < -0.3 is 14.2 Å². The minimum absolute atomic E-state index is 0.0936. The molecule has 6 heteroatoms. The van der Waals surface area contributed by atoms with Gasteiger partial charge in [0.2, 0.25) is 0 Å². The molecule has 0 heterocycles. The van der Waals surface area contributed by atoms with E-state index in [2.05, 4.69) is 81.5 Å². The summed E-state index contributed by atoms with van der Waals surface area (Å²) in [6, 6.07) is 0. The van der Waals surface area contributed by atoms with Crippen LogP contribution in [-0.2, 0) is 28.6 Å². The second-order valence-electron chi connectivity index (χ2n) is 14.6. The predicted molar refractivity (Wildman–Crippen MR) is 228 cm³/mol. The highest BCUT2D eigenvalue weighted by Crippen LogP contribution is 2.13. The van der Waals surface area contributed by atoms with Crippen molar-refractivity contribution in [2.75, 3.05) is 13.2 Å². The van der Waals surface area contributed by atoms with Gasteiger partial charge in [-0.1, -0.05) is 159 Å². The van der Waals surface area contributed by atoms with Gasteiger partial charge in [0.25, 0.3) is 0 Å². The SMILES string of the molecule is CC/C=C\C/C=C\C/C=C\CCCCCCCCC(=O)OCC(COC(=O)CCC/C=C\CCCCCC)OC(=O)CCCCCCC/C=C\CCCC. The van der Waals surface area contributed by atoms with E-state index >= 15 is 0 Å². The highest BCUT2D eigenvalue weighted by atomic mass is 16.6. The number of esters is 3. The summed E-state index contributed by atoms with van der Waals surface area (Å²) in [4.78, 5) is 37.6. The van der Waals surface area contributed by atoms with Crippen molar-refractivity contribution in [3.8, 4) is 0 Å². The van der Waals surface area contributed by atoms with Gasteiger partial charge in [0.1, 0.15) is 13.2 Å². The fourth-order valence-corrected chi connectivity index (χ4v) is 5.85. The number of allylic oxidation sites excluding steroid dienone is 10. The zero-order valence-electron chi connectivity index (χ0n) is 35.2. The highest BCUT2D eigenvalue weighted by Gasteiger charge is 2.19. The van der Waals surface area contributed by atoms with Gasteiger partial charge in [-0.25, -0.2) is 0 Å². The van der Waals surface area contributed by atoms with Crippen molar-refractivity contribution in [1.82, 2.24) is 0 Å². The smallest absolute Gasteiger partial charge is 0.306 e. The van der Waals surface area contributed by atoms with E-state index in [1.54, 1.807) is 0 Å². The summed E-state index contributed by atoms with van der Waals surface area (Å²) in [6.07, 6.45) is 50.7. The third kappa shape index (κ3) is 40.3. The Labute approximate surface area is 332 Å². The van der Waals surface area contributed by atoms with Crippen LogP contribution in [-0.4, -0.2) is 37.2 Å². The van der Waals surface area contributed by atoms with E-state index in [9.17, 15) is 14.4 Å². The van der Waals surface area contributed by atoms with Gasteiger partial charge in [-0.15, -0.1) is 0 Å². The second kappa shape index (κ2) is 42.8. The van der Waals surface area contributed by atoms with Crippen molar-refractivity contribution in [2.24, 2.45) is 0 Å². The van der Waals surface area contributed by atoms with Crippen LogP contribution < -0.4 is 0 Å². The molecule has 0 aliphatic carbocycles. The Kier molecular flexibility index (Phi) is 40.6. The Bertz CT molecular complexity index is 1010. The third-order valence-electron chi connectivity index (χ3n) is 9.23. The lowest BCUT2D eigenvalue weighted by atomic mass is 10.1. The Hall–Kier alpha value is -2.89. The van der Waals surface area contributed by atoms with Crippen LogP contribution in [0.15, 0.2) is 60.8 Å². The lowest BCUT2D eigenvalue weighted by Gasteiger charge is -2.18. The number of unbranched alkanes of at least 4 members (excludes halogenated alkanes) is 18. The molecule has 54 heavy (non-hydrogen) atoms. The maximum atomic E-state index is 12.7. The van der Waals surface area contributed by atoms with Gasteiger partial charge in [-0.2, -0.15) is 0 Å². The molecule has 0 bridgehead atoms. The largest absolute Gasteiger partial charge is 0.462 e. The first-order valence-electron chi connectivity index (χ1n) is 22.3. The van der Waals surface area contributed by atoms with Gasteiger partial charge in [-0.3, -0.25) is 14.4 Å². The molecule has 0 aromatic rings. The molecule has 0 aliphatic rings. The van der Waals surface area contributed by atoms with E-state index in [0.29, 0.717) is 25.7 Å². The molecule has 1 unspecified atom stereocenters. The first kappa shape index (κ1) is 51.1. The van der Waals surface area contributed by atoms with Crippen molar-refractivity contribution in [2.45, 2.75) is 213 Å². The lowest BCUT2D eigenvalue weighted by Crippen LogP contribution is -2.30. The molecule has 0 rings (SSSR count). The summed E-state index contributed by atoms with van der Waals surface area (Å²) < 4.78 is 16.6. The van der Waals surface area contributed by atoms with E-state index in [1.807, 2.05) is 0 Å². The number of ether oxygens (including phenoxy) is 3. The Balaban J connectivity index is 4.39. The normalized spacial score (nSPS) is 12.6. The van der Waals surface area contributed by atoms with Gasteiger partial charge in [0, 0.05) is 19.3 Å². The minimum atomic E-state index is -0.791. The van der Waals surface area contributed by atoms with Gasteiger partial charge in [-0.05, 0) is 89.9 Å². The monoisotopic (exact) mass is 755 g/mol. The van der Waals surface area contributed by atoms with Crippen LogP contribution in [0.4, 0.5) is 0 Å². The van der Waals surface area contributed by atoms with Gasteiger partial charge >= 0.3 is 17.9 Å². The van der Waals surface area contributed by atoms with Crippen LogP contribution in [0.1, 0.15) is 207 Å². The molecule has 0 aromatic carbocycles. The summed E-state index contributed by atoms with van der Waals surface area (Å²) in [7, 11) is 0. The predicted octanol–water partition coefficient (Wildman–Crippen LogP) is 14.1. The standard InChI is InChI=1S/C48H82O6/c1-4-7-10-13-16-19-21-22-23-24-25-27-29-32-35-38-41-47(50)53-44-45(43-52-46(49)40-37-34-31-28-18-15-12-9-6-3)54-48(51)42-39-36-33-30-26-20-17-14-11-8-5-2/h7,10,14,16-17,19,22-23,28,31,45H,4-6,8-9,11-13,15,18,20-21,24-27,29-30,32-44H2,1-3H3/b10-7-,17-14-,19-16-,23-22-,31-28-. The molecular weight excluding hydrogens is 673 g/mol. The fourth-order valence-electron chi connectivity index (χ4n) is 5.85. The molecule has 0 radical (unpaired) electrons. The second-order valence-corrected chi connectivity index (χ2v) is 14.6. The minimum Gasteiger partial charge on any atom is -0.462 e. The van der Waals surface area contributed by atoms with Crippen molar-refractivity contribution < 1.29 is 28.6 Å². The Morgan fingerprint density at radius 1 is 0.389 bits per heavy atom. The van der Waals surface area contributed by atoms with Crippen molar-refractivity contribution in [1.29, 1.82) is 0 Å². The molecule has 0 fully saturated rings. The molecule has 0 spiro atoms. The highest BCUT2D eigenvalue weighted by molar-refractivity contribution is 5.71. The third-order valence-corrected chi connectivity index (χ3v) is 9.23. The van der Waals surface area contributed by atoms with Crippen molar-refractivity contribution >= 4 is 17.9 Å². The van der Waals surface area contributed by atoms with Gasteiger partial charge in [0.15, 0.2) is 6.10 Å². The topological polar surface area (TPSA) is 78.9 Å². The van der Waals surface area contributed by atoms with E-state index in [1.165, 1.54) is 70.6 Å².